The third kappa shape index (κ3) is 2.20. The van der Waals surface area contributed by atoms with Gasteiger partial charge in [-0.2, -0.15) is 4.99 Å². The average Bonchev–Trinajstić information content (AvgIpc) is 2.52. The zero-order valence-electron chi connectivity index (χ0n) is 11.4. The molecule has 102 valence electrons. The van der Waals surface area contributed by atoms with Crippen molar-refractivity contribution in [2.75, 3.05) is 0 Å². The molecule has 0 saturated carbocycles. The third-order valence-electron chi connectivity index (χ3n) is 3.51. The first-order chi connectivity index (χ1) is 8.86. The minimum atomic E-state index is -0.770. The van der Waals surface area contributed by atoms with Crippen molar-refractivity contribution in [1.82, 2.24) is 4.90 Å². The molecule has 1 aromatic carbocycles. The van der Waals surface area contributed by atoms with Crippen LogP contribution in [-0.2, 0) is 6.42 Å². The van der Waals surface area contributed by atoms with E-state index in [4.69, 9.17) is 5.73 Å². The summed E-state index contributed by atoms with van der Waals surface area (Å²) in [5.74, 6) is -0.0472. The van der Waals surface area contributed by atoms with Gasteiger partial charge in [0, 0.05) is 12.5 Å². The standard InChI is InChI=1S/C14H18FN3O/c1-9(2)18-13(19)17-12(16)14(18,3)8-10-6-4-5-7-11(10)15/h4-7,9H,8H2,1-3H3,(H2,16,17,19). The molecule has 0 radical (unpaired) electrons. The van der Waals surface area contributed by atoms with Gasteiger partial charge in [-0.1, -0.05) is 18.2 Å². The molecule has 0 fully saturated rings. The number of carbonyl (C=O) groups is 1. The maximum absolute atomic E-state index is 13.8. The van der Waals surface area contributed by atoms with E-state index in [-0.39, 0.29) is 23.7 Å². The highest BCUT2D eigenvalue weighted by atomic mass is 19.1. The fourth-order valence-corrected chi connectivity index (χ4v) is 2.59. The molecule has 5 heteroatoms. The van der Waals surface area contributed by atoms with E-state index in [0.717, 1.165) is 0 Å². The molecular formula is C14H18FN3O. The molecule has 0 bridgehead atoms. The molecule has 1 heterocycles. The Morgan fingerprint density at radius 2 is 2.05 bits per heavy atom. The molecule has 0 spiro atoms. The first kappa shape index (κ1) is 13.5. The van der Waals surface area contributed by atoms with Gasteiger partial charge in [-0.15, -0.1) is 0 Å². The van der Waals surface area contributed by atoms with E-state index in [9.17, 15) is 9.18 Å². The van der Waals surface area contributed by atoms with Crippen molar-refractivity contribution in [3.05, 3.63) is 35.6 Å². The molecule has 1 aliphatic heterocycles. The number of nitrogens with zero attached hydrogens (tertiary/aromatic N) is 2. The first-order valence-electron chi connectivity index (χ1n) is 6.27. The van der Waals surface area contributed by atoms with Gasteiger partial charge < -0.3 is 10.6 Å². The van der Waals surface area contributed by atoms with Crippen molar-refractivity contribution in [2.24, 2.45) is 10.7 Å². The van der Waals surface area contributed by atoms with Crippen molar-refractivity contribution >= 4 is 11.9 Å². The molecule has 1 atom stereocenters. The summed E-state index contributed by atoms with van der Waals surface area (Å²) in [6, 6.07) is 6.11. The van der Waals surface area contributed by atoms with Gasteiger partial charge in [0.1, 0.15) is 17.2 Å². The van der Waals surface area contributed by atoms with Gasteiger partial charge in [-0.05, 0) is 32.4 Å². The zero-order chi connectivity index (χ0) is 14.2. The van der Waals surface area contributed by atoms with Gasteiger partial charge in [-0.25, -0.2) is 9.18 Å². The lowest BCUT2D eigenvalue weighted by Crippen LogP contribution is -2.56. The van der Waals surface area contributed by atoms with Crippen LogP contribution in [0.5, 0.6) is 0 Å². The highest BCUT2D eigenvalue weighted by Crippen LogP contribution is 2.30. The highest BCUT2D eigenvalue weighted by Gasteiger charge is 2.46. The second-order valence-electron chi connectivity index (χ2n) is 5.29. The van der Waals surface area contributed by atoms with Crippen LogP contribution in [0.4, 0.5) is 9.18 Å². The normalized spacial score (nSPS) is 23.1. The van der Waals surface area contributed by atoms with E-state index in [1.54, 1.807) is 23.1 Å². The van der Waals surface area contributed by atoms with Crippen molar-refractivity contribution in [2.45, 2.75) is 38.8 Å². The lowest BCUT2D eigenvalue weighted by Gasteiger charge is -2.37. The average molecular weight is 263 g/mol. The SMILES string of the molecule is CC(C)N1C(=O)N=C(N)C1(C)Cc1ccccc1F. The maximum atomic E-state index is 13.8. The molecule has 2 amide bonds. The van der Waals surface area contributed by atoms with Gasteiger partial charge in [0.15, 0.2) is 0 Å². The van der Waals surface area contributed by atoms with Crippen LogP contribution >= 0.6 is 0 Å². The van der Waals surface area contributed by atoms with Gasteiger partial charge in [0.25, 0.3) is 0 Å². The van der Waals surface area contributed by atoms with Crippen LogP contribution in [-0.4, -0.2) is 28.3 Å². The minimum absolute atomic E-state index is 0.0472. The summed E-state index contributed by atoms with van der Waals surface area (Å²) in [6.07, 6.45) is 0.318. The highest BCUT2D eigenvalue weighted by molar-refractivity contribution is 6.05. The molecule has 1 aromatic rings. The number of rotatable bonds is 3. The van der Waals surface area contributed by atoms with Gasteiger partial charge in [0.05, 0.1) is 0 Å². The summed E-state index contributed by atoms with van der Waals surface area (Å²) in [6.45, 7) is 5.61. The molecule has 2 N–H and O–H groups in total. The Balaban J connectivity index is 2.38. The number of halogens is 1. The summed E-state index contributed by atoms with van der Waals surface area (Å²) in [5, 5.41) is 0. The van der Waals surface area contributed by atoms with Crippen LogP contribution in [0.15, 0.2) is 29.3 Å². The largest absolute Gasteiger partial charge is 0.385 e. The summed E-state index contributed by atoms with van der Waals surface area (Å²) < 4.78 is 13.8. The number of amides is 2. The number of nitrogens with two attached hydrogens (primary N) is 1. The Labute approximate surface area is 112 Å². The number of urea groups is 1. The van der Waals surface area contributed by atoms with E-state index < -0.39 is 5.54 Å². The number of carbonyl (C=O) groups excluding carboxylic acids is 1. The number of benzene rings is 1. The van der Waals surface area contributed by atoms with E-state index in [1.807, 2.05) is 20.8 Å². The van der Waals surface area contributed by atoms with Gasteiger partial charge in [-0.3, -0.25) is 0 Å². The number of hydrogen-bond acceptors (Lipinski definition) is 2. The zero-order valence-corrected chi connectivity index (χ0v) is 11.4. The number of hydrogen-bond donors (Lipinski definition) is 1. The third-order valence-corrected chi connectivity index (χ3v) is 3.51. The van der Waals surface area contributed by atoms with E-state index in [2.05, 4.69) is 4.99 Å². The molecule has 1 unspecified atom stereocenters. The number of amidine groups is 1. The molecule has 0 aromatic heterocycles. The predicted molar refractivity (Wildman–Crippen MR) is 72.5 cm³/mol. The molecule has 0 aliphatic carbocycles. The summed E-state index contributed by atoms with van der Waals surface area (Å²) in [7, 11) is 0. The van der Waals surface area contributed by atoms with Crippen LogP contribution in [0.2, 0.25) is 0 Å². The van der Waals surface area contributed by atoms with Crippen LogP contribution in [0.3, 0.4) is 0 Å². The molecule has 0 saturated heterocycles. The van der Waals surface area contributed by atoms with Crippen LogP contribution in [0, 0.1) is 5.82 Å². The summed E-state index contributed by atoms with van der Waals surface area (Å²) in [5.41, 5.74) is 5.66. The minimum Gasteiger partial charge on any atom is -0.385 e. The van der Waals surface area contributed by atoms with E-state index in [1.165, 1.54) is 6.07 Å². The van der Waals surface area contributed by atoms with Crippen LogP contribution in [0.25, 0.3) is 0 Å². The topological polar surface area (TPSA) is 58.7 Å². The van der Waals surface area contributed by atoms with Crippen molar-refractivity contribution < 1.29 is 9.18 Å². The van der Waals surface area contributed by atoms with Crippen LogP contribution in [0.1, 0.15) is 26.3 Å². The fraction of sp³-hybridized carbons (Fsp3) is 0.429. The lowest BCUT2D eigenvalue weighted by molar-refractivity contribution is 0.154. The fourth-order valence-electron chi connectivity index (χ4n) is 2.59. The smallest absolute Gasteiger partial charge is 0.346 e. The molecule has 4 nitrogen and oxygen atoms in total. The van der Waals surface area contributed by atoms with Crippen molar-refractivity contribution in [3.63, 3.8) is 0 Å². The first-order valence-corrected chi connectivity index (χ1v) is 6.27. The van der Waals surface area contributed by atoms with Gasteiger partial charge in [0.2, 0.25) is 0 Å². The Kier molecular flexibility index (Phi) is 3.30. The Hall–Kier alpha value is -1.91. The Bertz CT molecular complexity index is 541. The summed E-state index contributed by atoms with van der Waals surface area (Å²) >= 11 is 0. The van der Waals surface area contributed by atoms with Gasteiger partial charge >= 0.3 is 6.03 Å². The Morgan fingerprint density at radius 3 is 2.63 bits per heavy atom. The monoisotopic (exact) mass is 263 g/mol. The van der Waals surface area contributed by atoms with E-state index >= 15 is 0 Å². The molecule has 1 aliphatic rings. The summed E-state index contributed by atoms with van der Waals surface area (Å²) in [4.78, 5) is 17.3. The quantitative estimate of drug-likeness (QED) is 0.909. The van der Waals surface area contributed by atoms with Crippen molar-refractivity contribution in [3.8, 4) is 0 Å². The van der Waals surface area contributed by atoms with E-state index in [0.29, 0.717) is 12.0 Å². The lowest BCUT2D eigenvalue weighted by atomic mass is 9.89. The number of aliphatic imine (C=N–C) groups is 1. The second-order valence-corrected chi connectivity index (χ2v) is 5.29. The van der Waals surface area contributed by atoms with Crippen LogP contribution < -0.4 is 5.73 Å². The molecule has 2 rings (SSSR count). The molecular weight excluding hydrogens is 245 g/mol. The second kappa shape index (κ2) is 4.64. The Morgan fingerprint density at radius 1 is 1.42 bits per heavy atom. The maximum Gasteiger partial charge on any atom is 0.346 e. The molecule has 19 heavy (non-hydrogen) atoms. The van der Waals surface area contributed by atoms with Crippen molar-refractivity contribution in [1.29, 1.82) is 0 Å². The predicted octanol–water partition coefficient (Wildman–Crippen LogP) is 2.33.